The molecule has 0 radical (unpaired) electrons. The Morgan fingerprint density at radius 2 is 1.91 bits per heavy atom. The fraction of sp³-hybridized carbons (Fsp3) is 0.818. The summed E-state index contributed by atoms with van der Waals surface area (Å²) in [5.74, 6) is 2.32. The fourth-order valence-corrected chi connectivity index (χ4v) is 8.03. The zero-order valence-corrected chi connectivity index (χ0v) is 15.1. The van der Waals surface area contributed by atoms with Gasteiger partial charge >= 0.3 is 0 Å². The smallest absolute Gasteiger partial charge is 0.0774 e. The largest absolute Gasteiger partial charge is 0.388 e. The van der Waals surface area contributed by atoms with Gasteiger partial charge in [-0.05, 0) is 80.0 Å². The number of fused-ring (bicyclic) bond motifs is 3. The molecule has 7 atom stereocenters. The summed E-state index contributed by atoms with van der Waals surface area (Å²) < 4.78 is 0. The van der Waals surface area contributed by atoms with Crippen molar-refractivity contribution < 1.29 is 5.11 Å². The van der Waals surface area contributed by atoms with Crippen LogP contribution in [0.15, 0.2) is 24.8 Å². The Morgan fingerprint density at radius 1 is 1.13 bits per heavy atom. The molecule has 0 amide bonds. The van der Waals surface area contributed by atoms with Gasteiger partial charge in [0.15, 0.2) is 0 Å². The third kappa shape index (κ3) is 1.95. The van der Waals surface area contributed by atoms with Crippen LogP contribution < -0.4 is 0 Å². The van der Waals surface area contributed by atoms with E-state index in [9.17, 15) is 5.11 Å². The number of allylic oxidation sites excluding steroid dienone is 1. The lowest BCUT2D eigenvalue weighted by Crippen LogP contribution is -2.58. The molecule has 4 unspecified atom stereocenters. The molecule has 4 fully saturated rings. The molecular formula is C22H34O. The highest BCUT2D eigenvalue weighted by molar-refractivity contribution is 5.22. The van der Waals surface area contributed by atoms with E-state index in [1.165, 1.54) is 51.4 Å². The maximum Gasteiger partial charge on any atom is 0.0774 e. The predicted octanol–water partition coefficient (Wildman–Crippen LogP) is 5.50. The molecule has 1 spiro atoms. The van der Waals surface area contributed by atoms with Crippen LogP contribution >= 0.6 is 0 Å². The first-order chi connectivity index (χ1) is 10.9. The number of aliphatic hydroxyl groups excluding tert-OH is 1. The molecule has 0 aromatic rings. The summed E-state index contributed by atoms with van der Waals surface area (Å²) in [6, 6.07) is 0. The molecule has 0 saturated heterocycles. The molecule has 2 bridgehead atoms. The van der Waals surface area contributed by atoms with E-state index in [-0.39, 0.29) is 11.5 Å². The molecule has 0 aromatic carbocycles. The van der Waals surface area contributed by atoms with Crippen molar-refractivity contribution in [1.82, 2.24) is 0 Å². The first kappa shape index (κ1) is 15.9. The summed E-state index contributed by atoms with van der Waals surface area (Å²) in [6.45, 7) is 13.3. The first-order valence-corrected chi connectivity index (χ1v) is 9.84. The van der Waals surface area contributed by atoms with Crippen molar-refractivity contribution in [3.05, 3.63) is 24.8 Å². The molecule has 23 heavy (non-hydrogen) atoms. The van der Waals surface area contributed by atoms with Crippen LogP contribution in [0.2, 0.25) is 0 Å². The van der Waals surface area contributed by atoms with Gasteiger partial charge in [0.25, 0.3) is 0 Å². The van der Waals surface area contributed by atoms with Crippen molar-refractivity contribution in [1.29, 1.82) is 0 Å². The van der Waals surface area contributed by atoms with Gasteiger partial charge in [-0.2, -0.15) is 0 Å². The van der Waals surface area contributed by atoms with Gasteiger partial charge in [-0.1, -0.05) is 38.5 Å². The maximum absolute atomic E-state index is 10.7. The van der Waals surface area contributed by atoms with Crippen molar-refractivity contribution in [2.45, 2.75) is 77.7 Å². The van der Waals surface area contributed by atoms with Crippen molar-refractivity contribution in [2.75, 3.05) is 0 Å². The van der Waals surface area contributed by atoms with Crippen LogP contribution in [0.25, 0.3) is 0 Å². The van der Waals surface area contributed by atoms with E-state index in [4.69, 9.17) is 0 Å². The SMILES string of the molecule is C=CC(O)[C@]1(C)CCC[C@@]2(C)C3CCC4C[C@@]3(CCC12)CC4=C. The van der Waals surface area contributed by atoms with Crippen LogP contribution in [-0.2, 0) is 0 Å². The van der Waals surface area contributed by atoms with Crippen LogP contribution in [0, 0.1) is 34.0 Å². The molecule has 128 valence electrons. The van der Waals surface area contributed by atoms with Crippen LogP contribution in [0.5, 0.6) is 0 Å². The Kier molecular flexibility index (Phi) is 3.45. The molecule has 0 aliphatic heterocycles. The predicted molar refractivity (Wildman–Crippen MR) is 96.0 cm³/mol. The average molecular weight is 315 g/mol. The van der Waals surface area contributed by atoms with E-state index >= 15 is 0 Å². The molecular weight excluding hydrogens is 280 g/mol. The minimum atomic E-state index is -0.351. The van der Waals surface area contributed by atoms with E-state index in [1.807, 2.05) is 0 Å². The third-order valence-corrected chi connectivity index (χ3v) is 9.00. The van der Waals surface area contributed by atoms with Crippen LogP contribution in [0.1, 0.15) is 71.6 Å². The average Bonchev–Trinajstić information content (AvgIpc) is 2.75. The van der Waals surface area contributed by atoms with Crippen LogP contribution in [0.3, 0.4) is 0 Å². The van der Waals surface area contributed by atoms with Gasteiger partial charge in [-0.25, -0.2) is 0 Å². The standard InChI is InChI=1S/C22H34O/c1-5-19(23)21(4)11-6-10-20(3)17(21)9-12-22-13-15(2)16(14-22)7-8-18(20)22/h5,16-19,23H,1-2,6-14H2,3-4H3/t16?,17?,18?,19?,20-,21-,22-/m1/s1. The van der Waals surface area contributed by atoms with Crippen molar-refractivity contribution in [2.24, 2.45) is 34.0 Å². The molecule has 1 heteroatoms. The quantitative estimate of drug-likeness (QED) is 0.667. The molecule has 4 aliphatic carbocycles. The molecule has 4 rings (SSSR count). The van der Waals surface area contributed by atoms with Gasteiger partial charge in [-0.15, -0.1) is 6.58 Å². The third-order valence-electron chi connectivity index (χ3n) is 9.00. The van der Waals surface area contributed by atoms with Crippen molar-refractivity contribution >= 4 is 0 Å². The Labute approximate surface area is 142 Å². The monoisotopic (exact) mass is 314 g/mol. The Morgan fingerprint density at radius 3 is 2.65 bits per heavy atom. The second-order valence-electron chi connectivity index (χ2n) is 9.87. The Bertz CT molecular complexity index is 530. The molecule has 4 aliphatic rings. The summed E-state index contributed by atoms with van der Waals surface area (Å²) >= 11 is 0. The zero-order valence-electron chi connectivity index (χ0n) is 15.1. The fourth-order valence-electron chi connectivity index (χ4n) is 8.03. The maximum atomic E-state index is 10.7. The molecule has 1 nitrogen and oxygen atoms in total. The lowest BCUT2D eigenvalue weighted by molar-refractivity contribution is -0.169. The van der Waals surface area contributed by atoms with E-state index < -0.39 is 0 Å². The number of aliphatic hydroxyl groups is 1. The van der Waals surface area contributed by atoms with E-state index in [2.05, 4.69) is 27.0 Å². The summed E-state index contributed by atoms with van der Waals surface area (Å²) in [5.41, 5.74) is 2.55. The molecule has 4 saturated carbocycles. The van der Waals surface area contributed by atoms with Gasteiger partial charge < -0.3 is 5.11 Å². The summed E-state index contributed by atoms with van der Waals surface area (Å²) in [4.78, 5) is 0. The van der Waals surface area contributed by atoms with Crippen LogP contribution in [0.4, 0.5) is 0 Å². The summed E-state index contributed by atoms with van der Waals surface area (Å²) in [5, 5.41) is 10.7. The van der Waals surface area contributed by atoms with Gasteiger partial charge in [0, 0.05) is 5.41 Å². The van der Waals surface area contributed by atoms with Crippen molar-refractivity contribution in [3.8, 4) is 0 Å². The molecule has 1 N–H and O–H groups in total. The highest BCUT2D eigenvalue weighted by Gasteiger charge is 2.64. The summed E-state index contributed by atoms with van der Waals surface area (Å²) in [6.07, 6.45) is 13.4. The number of hydrogen-bond donors (Lipinski definition) is 1. The van der Waals surface area contributed by atoms with Gasteiger partial charge in [0.2, 0.25) is 0 Å². The van der Waals surface area contributed by atoms with Gasteiger partial charge in [0.1, 0.15) is 0 Å². The Hall–Kier alpha value is -0.560. The van der Waals surface area contributed by atoms with Crippen LogP contribution in [-0.4, -0.2) is 11.2 Å². The van der Waals surface area contributed by atoms with Gasteiger partial charge in [0.05, 0.1) is 6.10 Å². The normalized spacial score (nSPS) is 53.3. The Balaban J connectivity index is 1.73. The van der Waals surface area contributed by atoms with E-state index in [0.29, 0.717) is 16.7 Å². The number of hydrogen-bond acceptors (Lipinski definition) is 1. The molecule has 0 heterocycles. The number of rotatable bonds is 2. The minimum Gasteiger partial charge on any atom is -0.388 e. The molecule has 0 aromatic heterocycles. The lowest BCUT2D eigenvalue weighted by atomic mass is 9.40. The highest BCUT2D eigenvalue weighted by Crippen LogP contribution is 2.72. The van der Waals surface area contributed by atoms with E-state index in [1.54, 1.807) is 11.6 Å². The second-order valence-corrected chi connectivity index (χ2v) is 9.87. The topological polar surface area (TPSA) is 20.2 Å². The van der Waals surface area contributed by atoms with Gasteiger partial charge in [-0.3, -0.25) is 0 Å². The van der Waals surface area contributed by atoms with Crippen molar-refractivity contribution in [3.63, 3.8) is 0 Å². The highest BCUT2D eigenvalue weighted by atomic mass is 16.3. The van der Waals surface area contributed by atoms with E-state index in [0.717, 1.165) is 18.3 Å². The zero-order chi connectivity index (χ0) is 16.5. The lowest BCUT2D eigenvalue weighted by Gasteiger charge is -2.65. The first-order valence-electron chi connectivity index (χ1n) is 9.84. The summed E-state index contributed by atoms with van der Waals surface area (Å²) in [7, 11) is 0. The second kappa shape index (κ2) is 4.97. The minimum absolute atomic E-state index is 0.0306.